The Kier molecular flexibility index (Phi) is 4.24. The van der Waals surface area contributed by atoms with Crippen molar-refractivity contribution in [2.24, 2.45) is 5.92 Å². The first kappa shape index (κ1) is 11.7. The second-order valence-corrected chi connectivity index (χ2v) is 3.74. The van der Waals surface area contributed by atoms with E-state index in [2.05, 4.69) is 10.3 Å². The molecule has 1 amide bonds. The number of aliphatic hydroxyl groups excluding tert-OH is 1. The number of nitrogens with zero attached hydrogens (tertiary/aromatic N) is 1. The summed E-state index contributed by atoms with van der Waals surface area (Å²) in [6.07, 6.45) is 3.14. The van der Waals surface area contributed by atoms with Crippen molar-refractivity contribution in [1.29, 1.82) is 0 Å². The maximum Gasteiger partial charge on any atom is 0.251 e. The molecule has 0 saturated carbocycles. The second-order valence-electron chi connectivity index (χ2n) is 3.74. The molecule has 0 fully saturated rings. The van der Waals surface area contributed by atoms with Crippen molar-refractivity contribution in [1.82, 2.24) is 10.3 Å². The molecule has 4 heteroatoms. The van der Waals surface area contributed by atoms with Gasteiger partial charge in [-0.15, -0.1) is 0 Å². The molecule has 0 aliphatic heterocycles. The van der Waals surface area contributed by atoms with Crippen LogP contribution in [0.3, 0.4) is 0 Å². The van der Waals surface area contributed by atoms with E-state index in [1.807, 2.05) is 13.8 Å². The van der Waals surface area contributed by atoms with Crippen LogP contribution in [0.1, 0.15) is 24.2 Å². The van der Waals surface area contributed by atoms with Crippen LogP contribution in [-0.4, -0.2) is 28.6 Å². The molecule has 1 aromatic heterocycles. The van der Waals surface area contributed by atoms with Crippen LogP contribution in [0.4, 0.5) is 0 Å². The summed E-state index contributed by atoms with van der Waals surface area (Å²) >= 11 is 0. The van der Waals surface area contributed by atoms with Crippen LogP contribution in [-0.2, 0) is 0 Å². The van der Waals surface area contributed by atoms with Crippen molar-refractivity contribution in [3.8, 4) is 0 Å². The topological polar surface area (TPSA) is 62.2 Å². The zero-order valence-electron chi connectivity index (χ0n) is 8.97. The maximum absolute atomic E-state index is 11.7. The second kappa shape index (κ2) is 5.46. The third-order valence-corrected chi connectivity index (χ3v) is 2.26. The summed E-state index contributed by atoms with van der Waals surface area (Å²) in [6, 6.07) is 3.08. The molecule has 1 heterocycles. The Morgan fingerprint density at radius 3 is 2.53 bits per heavy atom. The van der Waals surface area contributed by atoms with Crippen LogP contribution in [0.5, 0.6) is 0 Å². The summed E-state index contributed by atoms with van der Waals surface area (Å²) in [5.41, 5.74) is 0.559. The summed E-state index contributed by atoms with van der Waals surface area (Å²) < 4.78 is 0. The number of hydrogen-bond acceptors (Lipinski definition) is 3. The van der Waals surface area contributed by atoms with Gasteiger partial charge in [0.05, 0.1) is 12.6 Å². The van der Waals surface area contributed by atoms with E-state index < -0.39 is 0 Å². The monoisotopic (exact) mass is 208 g/mol. The number of aromatic nitrogens is 1. The van der Waals surface area contributed by atoms with Gasteiger partial charge in [0.25, 0.3) is 5.91 Å². The minimum atomic E-state index is -0.203. The highest BCUT2D eigenvalue weighted by molar-refractivity contribution is 5.94. The van der Waals surface area contributed by atoms with Crippen molar-refractivity contribution < 1.29 is 9.90 Å². The fraction of sp³-hybridized carbons (Fsp3) is 0.455. The van der Waals surface area contributed by atoms with Crippen LogP contribution in [0.25, 0.3) is 0 Å². The number of pyridine rings is 1. The van der Waals surface area contributed by atoms with Gasteiger partial charge in [0, 0.05) is 18.0 Å². The van der Waals surface area contributed by atoms with E-state index in [4.69, 9.17) is 5.11 Å². The standard InChI is InChI=1S/C11H16N2O2/c1-8(2)10(7-14)13-11(15)9-3-5-12-6-4-9/h3-6,8,10,14H,7H2,1-2H3,(H,13,15). The van der Waals surface area contributed by atoms with Crippen LogP contribution in [0.2, 0.25) is 0 Å². The SMILES string of the molecule is CC(C)C(CO)NC(=O)c1ccncc1. The number of aliphatic hydroxyl groups is 1. The van der Waals surface area contributed by atoms with Crippen molar-refractivity contribution in [3.05, 3.63) is 30.1 Å². The van der Waals surface area contributed by atoms with Gasteiger partial charge in [-0.1, -0.05) is 13.8 Å². The van der Waals surface area contributed by atoms with Gasteiger partial charge in [-0.05, 0) is 18.1 Å². The quantitative estimate of drug-likeness (QED) is 0.770. The number of amides is 1. The van der Waals surface area contributed by atoms with Crippen LogP contribution in [0.15, 0.2) is 24.5 Å². The molecular weight excluding hydrogens is 192 g/mol. The Labute approximate surface area is 89.3 Å². The van der Waals surface area contributed by atoms with Gasteiger partial charge < -0.3 is 10.4 Å². The highest BCUT2D eigenvalue weighted by Gasteiger charge is 2.15. The first-order chi connectivity index (χ1) is 7.15. The van der Waals surface area contributed by atoms with Crippen molar-refractivity contribution in [3.63, 3.8) is 0 Å². The average Bonchev–Trinajstić information content (AvgIpc) is 2.26. The minimum absolute atomic E-state index is 0.0471. The van der Waals surface area contributed by atoms with Crippen LogP contribution in [0, 0.1) is 5.92 Å². The van der Waals surface area contributed by atoms with E-state index in [1.165, 1.54) is 0 Å². The molecule has 4 nitrogen and oxygen atoms in total. The Balaban J connectivity index is 2.63. The molecule has 2 N–H and O–H groups in total. The Morgan fingerprint density at radius 2 is 2.07 bits per heavy atom. The molecule has 1 atom stereocenters. The zero-order chi connectivity index (χ0) is 11.3. The molecule has 1 rings (SSSR count). The molecule has 0 aliphatic rings. The van der Waals surface area contributed by atoms with E-state index >= 15 is 0 Å². The van der Waals surface area contributed by atoms with E-state index in [9.17, 15) is 4.79 Å². The molecule has 0 saturated heterocycles. The molecule has 0 bridgehead atoms. The van der Waals surface area contributed by atoms with Gasteiger partial charge >= 0.3 is 0 Å². The lowest BCUT2D eigenvalue weighted by molar-refractivity contribution is 0.0897. The highest BCUT2D eigenvalue weighted by atomic mass is 16.3. The summed E-state index contributed by atoms with van der Waals surface area (Å²) in [5, 5.41) is 11.8. The fourth-order valence-corrected chi connectivity index (χ4v) is 1.18. The summed E-state index contributed by atoms with van der Waals surface area (Å²) in [6.45, 7) is 3.86. The van der Waals surface area contributed by atoms with E-state index in [1.54, 1.807) is 24.5 Å². The first-order valence-electron chi connectivity index (χ1n) is 4.97. The van der Waals surface area contributed by atoms with Gasteiger partial charge in [-0.2, -0.15) is 0 Å². The molecular formula is C11H16N2O2. The number of rotatable bonds is 4. The highest BCUT2D eigenvalue weighted by Crippen LogP contribution is 2.03. The zero-order valence-corrected chi connectivity index (χ0v) is 8.97. The van der Waals surface area contributed by atoms with E-state index in [0.717, 1.165) is 0 Å². The average molecular weight is 208 g/mol. The number of hydrogen-bond donors (Lipinski definition) is 2. The third-order valence-electron chi connectivity index (χ3n) is 2.26. The van der Waals surface area contributed by atoms with E-state index in [-0.39, 0.29) is 24.5 Å². The molecule has 0 aromatic carbocycles. The normalized spacial score (nSPS) is 12.5. The van der Waals surface area contributed by atoms with Crippen LogP contribution < -0.4 is 5.32 Å². The Bertz CT molecular complexity index is 312. The number of carbonyl (C=O) groups is 1. The molecule has 0 radical (unpaired) electrons. The molecule has 15 heavy (non-hydrogen) atoms. The predicted octanol–water partition coefficient (Wildman–Crippen LogP) is 0.828. The van der Waals surface area contributed by atoms with Crippen LogP contribution >= 0.6 is 0 Å². The fourth-order valence-electron chi connectivity index (χ4n) is 1.18. The molecule has 1 aromatic rings. The Hall–Kier alpha value is -1.42. The van der Waals surface area contributed by atoms with Gasteiger partial charge in [-0.25, -0.2) is 0 Å². The lowest BCUT2D eigenvalue weighted by Gasteiger charge is -2.19. The molecule has 1 unspecified atom stereocenters. The van der Waals surface area contributed by atoms with Gasteiger partial charge in [0.2, 0.25) is 0 Å². The van der Waals surface area contributed by atoms with Gasteiger partial charge in [-0.3, -0.25) is 9.78 Å². The molecule has 0 spiro atoms. The van der Waals surface area contributed by atoms with Crippen molar-refractivity contribution in [2.45, 2.75) is 19.9 Å². The van der Waals surface area contributed by atoms with Crippen molar-refractivity contribution in [2.75, 3.05) is 6.61 Å². The maximum atomic E-state index is 11.7. The molecule has 0 aliphatic carbocycles. The summed E-state index contributed by atoms with van der Waals surface area (Å²) in [4.78, 5) is 15.5. The van der Waals surface area contributed by atoms with Gasteiger partial charge in [0.15, 0.2) is 0 Å². The van der Waals surface area contributed by atoms with E-state index in [0.29, 0.717) is 5.56 Å². The lowest BCUT2D eigenvalue weighted by Crippen LogP contribution is -2.41. The first-order valence-corrected chi connectivity index (χ1v) is 4.97. The molecule has 82 valence electrons. The summed E-state index contributed by atoms with van der Waals surface area (Å²) in [7, 11) is 0. The van der Waals surface area contributed by atoms with Gasteiger partial charge in [0.1, 0.15) is 0 Å². The number of carbonyl (C=O) groups excluding carboxylic acids is 1. The minimum Gasteiger partial charge on any atom is -0.394 e. The largest absolute Gasteiger partial charge is 0.394 e. The van der Waals surface area contributed by atoms with Crippen molar-refractivity contribution >= 4 is 5.91 Å². The number of nitrogens with one attached hydrogen (secondary N) is 1. The Morgan fingerprint density at radius 1 is 1.47 bits per heavy atom. The lowest BCUT2D eigenvalue weighted by atomic mass is 10.1. The third kappa shape index (κ3) is 3.32. The smallest absolute Gasteiger partial charge is 0.251 e. The predicted molar refractivity (Wildman–Crippen MR) is 57.4 cm³/mol. The summed E-state index contributed by atoms with van der Waals surface area (Å²) in [5.74, 6) is 0.0333.